The van der Waals surface area contributed by atoms with Gasteiger partial charge in [-0.15, -0.1) is 0 Å². The molecule has 0 radical (unpaired) electrons. The molecule has 0 amide bonds. The van der Waals surface area contributed by atoms with Crippen LogP contribution in [-0.4, -0.2) is 30.3 Å². The predicted octanol–water partition coefficient (Wildman–Crippen LogP) is 2.62. The molecule has 1 heterocycles. The van der Waals surface area contributed by atoms with Gasteiger partial charge in [0.25, 0.3) is 0 Å². The molecule has 2 rings (SSSR count). The van der Waals surface area contributed by atoms with Crippen LogP contribution in [-0.2, 0) is 11.2 Å². The number of methoxy groups -OCH3 is 1. The van der Waals surface area contributed by atoms with Crippen LogP contribution in [0.2, 0.25) is 0 Å². The van der Waals surface area contributed by atoms with Gasteiger partial charge in [0.2, 0.25) is 0 Å². The quantitative estimate of drug-likeness (QED) is 0.899. The molecule has 112 valence electrons. The number of nitrogens with two attached hydrogens (primary N) is 1. The molecule has 1 saturated carbocycles. The van der Waals surface area contributed by atoms with Gasteiger partial charge in [0.1, 0.15) is 11.9 Å². The topological polar surface area (TPSA) is 57.4 Å². The molecular weight excluding hydrogens is 252 g/mol. The van der Waals surface area contributed by atoms with Crippen molar-refractivity contribution in [2.24, 2.45) is 5.73 Å². The van der Waals surface area contributed by atoms with Crippen LogP contribution in [0, 0.1) is 6.92 Å². The summed E-state index contributed by atoms with van der Waals surface area (Å²) in [4.78, 5) is 4.58. The number of hydrogen-bond acceptors (Lipinski definition) is 4. The summed E-state index contributed by atoms with van der Waals surface area (Å²) in [7, 11) is 1.78. The normalized spacial score (nSPS) is 24.4. The van der Waals surface area contributed by atoms with Crippen LogP contribution >= 0.6 is 0 Å². The van der Waals surface area contributed by atoms with Gasteiger partial charge in [0, 0.05) is 31.7 Å². The third kappa shape index (κ3) is 4.18. The molecule has 3 unspecified atom stereocenters. The number of rotatable bonds is 5. The molecule has 1 aliphatic rings. The zero-order valence-electron chi connectivity index (χ0n) is 12.8. The van der Waals surface area contributed by atoms with E-state index >= 15 is 0 Å². The Morgan fingerprint density at radius 3 is 2.80 bits per heavy atom. The van der Waals surface area contributed by atoms with Gasteiger partial charge in [-0.05, 0) is 45.2 Å². The lowest BCUT2D eigenvalue weighted by atomic mass is 9.95. The Morgan fingerprint density at radius 1 is 1.35 bits per heavy atom. The first-order chi connectivity index (χ1) is 9.58. The van der Waals surface area contributed by atoms with E-state index in [9.17, 15) is 0 Å². The molecule has 0 aliphatic heterocycles. The Morgan fingerprint density at radius 2 is 2.10 bits per heavy atom. The van der Waals surface area contributed by atoms with E-state index in [1.165, 1.54) is 0 Å². The van der Waals surface area contributed by atoms with E-state index < -0.39 is 0 Å². The second-order valence-electron chi connectivity index (χ2n) is 5.84. The number of ether oxygens (including phenoxy) is 2. The van der Waals surface area contributed by atoms with Gasteiger partial charge in [-0.3, -0.25) is 4.98 Å². The van der Waals surface area contributed by atoms with E-state index in [-0.39, 0.29) is 12.1 Å². The molecule has 0 spiro atoms. The zero-order chi connectivity index (χ0) is 14.5. The molecule has 1 aromatic rings. The third-order valence-corrected chi connectivity index (χ3v) is 3.79. The molecule has 4 nitrogen and oxygen atoms in total. The maximum Gasteiger partial charge on any atom is 0.141 e. The lowest BCUT2D eigenvalue weighted by Gasteiger charge is -2.29. The van der Waals surface area contributed by atoms with Crippen LogP contribution in [0.5, 0.6) is 5.75 Å². The third-order valence-electron chi connectivity index (χ3n) is 3.79. The Balaban J connectivity index is 2.07. The van der Waals surface area contributed by atoms with Gasteiger partial charge in [0.15, 0.2) is 0 Å². The van der Waals surface area contributed by atoms with Gasteiger partial charge in [0.05, 0.1) is 11.8 Å². The summed E-state index contributed by atoms with van der Waals surface area (Å²) >= 11 is 0. The molecule has 4 heteroatoms. The summed E-state index contributed by atoms with van der Waals surface area (Å²) in [5, 5.41) is 0. The Labute approximate surface area is 121 Å². The highest BCUT2D eigenvalue weighted by Gasteiger charge is 2.24. The molecule has 1 aromatic heterocycles. The monoisotopic (exact) mass is 278 g/mol. The van der Waals surface area contributed by atoms with Gasteiger partial charge < -0.3 is 15.2 Å². The molecule has 2 N–H and O–H groups in total. The molecule has 1 fully saturated rings. The second kappa shape index (κ2) is 7.04. The molecule has 20 heavy (non-hydrogen) atoms. The fraction of sp³-hybridized carbons (Fsp3) is 0.688. The first kappa shape index (κ1) is 15.3. The number of pyridine rings is 1. The fourth-order valence-electron chi connectivity index (χ4n) is 2.76. The smallest absolute Gasteiger partial charge is 0.141 e. The van der Waals surface area contributed by atoms with Crippen LogP contribution in [0.15, 0.2) is 12.1 Å². The van der Waals surface area contributed by atoms with Crippen molar-refractivity contribution < 1.29 is 9.47 Å². The van der Waals surface area contributed by atoms with Crippen molar-refractivity contribution in [1.29, 1.82) is 0 Å². The van der Waals surface area contributed by atoms with Crippen LogP contribution in [0.1, 0.15) is 44.0 Å². The minimum atomic E-state index is 0.0877. The van der Waals surface area contributed by atoms with E-state index in [0.29, 0.717) is 6.10 Å². The van der Waals surface area contributed by atoms with Gasteiger partial charge in [-0.1, -0.05) is 0 Å². The van der Waals surface area contributed by atoms with E-state index in [4.69, 9.17) is 15.2 Å². The largest absolute Gasteiger partial charge is 0.488 e. The summed E-state index contributed by atoms with van der Waals surface area (Å²) in [6.45, 7) is 3.99. The van der Waals surface area contributed by atoms with E-state index in [1.807, 2.05) is 26.0 Å². The minimum absolute atomic E-state index is 0.0877. The molecular formula is C16H26N2O2. The molecule has 0 aromatic carbocycles. The number of hydrogen-bond donors (Lipinski definition) is 1. The zero-order valence-corrected chi connectivity index (χ0v) is 12.8. The van der Waals surface area contributed by atoms with E-state index in [1.54, 1.807) is 7.11 Å². The highest BCUT2D eigenvalue weighted by atomic mass is 16.5. The van der Waals surface area contributed by atoms with Crippen molar-refractivity contribution in [2.75, 3.05) is 7.11 Å². The van der Waals surface area contributed by atoms with Crippen molar-refractivity contribution in [3.63, 3.8) is 0 Å². The summed E-state index contributed by atoms with van der Waals surface area (Å²) < 4.78 is 11.6. The average molecular weight is 278 g/mol. The number of nitrogens with zero attached hydrogens (tertiary/aromatic N) is 1. The SMILES string of the molecule is COC1CCCC(Oc2ccc(C)nc2CC(C)N)C1. The van der Waals surface area contributed by atoms with Gasteiger partial charge in [-0.2, -0.15) is 0 Å². The molecule has 3 atom stereocenters. The van der Waals surface area contributed by atoms with Crippen molar-refractivity contribution in [1.82, 2.24) is 4.98 Å². The average Bonchev–Trinajstić information content (AvgIpc) is 2.41. The van der Waals surface area contributed by atoms with E-state index in [2.05, 4.69) is 4.98 Å². The lowest BCUT2D eigenvalue weighted by Crippen LogP contribution is -2.30. The maximum absolute atomic E-state index is 6.18. The molecule has 0 saturated heterocycles. The van der Waals surface area contributed by atoms with E-state index in [0.717, 1.165) is 49.2 Å². The van der Waals surface area contributed by atoms with Crippen LogP contribution in [0.4, 0.5) is 0 Å². The highest BCUT2D eigenvalue weighted by molar-refractivity contribution is 5.30. The number of aromatic nitrogens is 1. The molecule has 1 aliphatic carbocycles. The van der Waals surface area contributed by atoms with Crippen molar-refractivity contribution in [3.05, 3.63) is 23.5 Å². The summed E-state index contributed by atoms with van der Waals surface area (Å²) in [6, 6.07) is 4.11. The summed E-state index contributed by atoms with van der Waals surface area (Å²) in [6.07, 6.45) is 5.64. The summed E-state index contributed by atoms with van der Waals surface area (Å²) in [5.41, 5.74) is 7.88. The van der Waals surface area contributed by atoms with Gasteiger partial charge in [-0.25, -0.2) is 0 Å². The predicted molar refractivity (Wildman–Crippen MR) is 80.0 cm³/mol. The second-order valence-corrected chi connectivity index (χ2v) is 5.84. The Kier molecular flexibility index (Phi) is 5.38. The Hall–Kier alpha value is -1.13. The first-order valence-corrected chi connectivity index (χ1v) is 7.50. The fourth-order valence-corrected chi connectivity index (χ4v) is 2.76. The number of aryl methyl sites for hydroxylation is 1. The van der Waals surface area contributed by atoms with Crippen molar-refractivity contribution in [3.8, 4) is 5.75 Å². The van der Waals surface area contributed by atoms with Crippen LogP contribution in [0.3, 0.4) is 0 Å². The van der Waals surface area contributed by atoms with Crippen LogP contribution < -0.4 is 10.5 Å². The highest BCUT2D eigenvalue weighted by Crippen LogP contribution is 2.27. The summed E-state index contributed by atoms with van der Waals surface area (Å²) in [5.74, 6) is 0.884. The maximum atomic E-state index is 6.18. The van der Waals surface area contributed by atoms with Gasteiger partial charge >= 0.3 is 0 Å². The standard InChI is InChI=1S/C16H26N2O2/c1-11(17)9-15-16(8-7-12(2)18-15)20-14-6-4-5-13(10-14)19-3/h7-8,11,13-14H,4-6,9-10,17H2,1-3H3. The minimum Gasteiger partial charge on any atom is -0.488 e. The molecule has 0 bridgehead atoms. The first-order valence-electron chi connectivity index (χ1n) is 7.50. The van der Waals surface area contributed by atoms with Crippen molar-refractivity contribution in [2.45, 2.75) is 64.2 Å². The Bertz CT molecular complexity index is 434. The van der Waals surface area contributed by atoms with Crippen LogP contribution in [0.25, 0.3) is 0 Å². The lowest BCUT2D eigenvalue weighted by molar-refractivity contribution is 0.0205. The van der Waals surface area contributed by atoms with Crippen molar-refractivity contribution >= 4 is 0 Å².